The first-order valence-electron chi connectivity index (χ1n) is 6.74. The molecule has 1 aliphatic heterocycles. The molecule has 0 spiro atoms. The van der Waals surface area contributed by atoms with Gasteiger partial charge in [0.05, 0.1) is 0 Å². The van der Waals surface area contributed by atoms with Crippen LogP contribution in [0.15, 0.2) is 0 Å². The molecule has 2 atom stereocenters. The molecule has 4 nitrogen and oxygen atoms in total. The van der Waals surface area contributed by atoms with Crippen molar-refractivity contribution in [3.05, 3.63) is 0 Å². The van der Waals surface area contributed by atoms with E-state index in [2.05, 4.69) is 29.6 Å². The van der Waals surface area contributed by atoms with Crippen LogP contribution < -0.4 is 10.6 Å². The van der Waals surface area contributed by atoms with Crippen molar-refractivity contribution < 1.29 is 4.79 Å². The summed E-state index contributed by atoms with van der Waals surface area (Å²) in [7, 11) is 4.21. The van der Waals surface area contributed by atoms with E-state index in [1.165, 1.54) is 12.8 Å². The van der Waals surface area contributed by atoms with Gasteiger partial charge < -0.3 is 15.5 Å². The normalized spacial score (nSPS) is 24.2. The summed E-state index contributed by atoms with van der Waals surface area (Å²) in [5.41, 5.74) is 0. The summed E-state index contributed by atoms with van der Waals surface area (Å²) < 4.78 is 0. The maximum atomic E-state index is 12.0. The van der Waals surface area contributed by atoms with Crippen molar-refractivity contribution in [1.29, 1.82) is 0 Å². The summed E-state index contributed by atoms with van der Waals surface area (Å²) in [4.78, 5) is 14.2. The number of amides is 1. The molecule has 0 radical (unpaired) electrons. The van der Waals surface area contributed by atoms with Crippen LogP contribution in [0.25, 0.3) is 0 Å². The zero-order chi connectivity index (χ0) is 12.4. The number of nitrogens with one attached hydrogen (secondary N) is 2. The van der Waals surface area contributed by atoms with Gasteiger partial charge in [0, 0.05) is 18.5 Å². The van der Waals surface area contributed by atoms with Gasteiger partial charge in [0.15, 0.2) is 0 Å². The summed E-state index contributed by atoms with van der Waals surface area (Å²) >= 11 is 0. The topological polar surface area (TPSA) is 44.4 Å². The second kappa shape index (κ2) is 5.36. The molecule has 2 aliphatic rings. The lowest BCUT2D eigenvalue weighted by Gasteiger charge is -2.32. The molecule has 0 aromatic rings. The molecule has 98 valence electrons. The Balaban J connectivity index is 1.73. The third kappa shape index (κ3) is 3.19. The molecule has 2 fully saturated rings. The van der Waals surface area contributed by atoms with Gasteiger partial charge in [-0.1, -0.05) is 6.92 Å². The Kier molecular flexibility index (Phi) is 4.05. The zero-order valence-electron chi connectivity index (χ0n) is 11.2. The van der Waals surface area contributed by atoms with Crippen LogP contribution in [0.3, 0.4) is 0 Å². The lowest BCUT2D eigenvalue weighted by Crippen LogP contribution is -2.51. The van der Waals surface area contributed by atoms with Crippen molar-refractivity contribution in [1.82, 2.24) is 15.5 Å². The molecule has 1 saturated carbocycles. The van der Waals surface area contributed by atoms with Crippen LogP contribution in [-0.2, 0) is 4.79 Å². The summed E-state index contributed by atoms with van der Waals surface area (Å²) in [6.45, 7) is 4.84. The molecule has 2 rings (SSSR count). The second-order valence-electron chi connectivity index (χ2n) is 5.82. The largest absolute Gasteiger partial charge is 0.354 e. The lowest BCUT2D eigenvalue weighted by atomic mass is 9.88. The van der Waals surface area contributed by atoms with Crippen molar-refractivity contribution in [3.8, 4) is 0 Å². The monoisotopic (exact) mass is 239 g/mol. The fraction of sp³-hybridized carbons (Fsp3) is 0.923. The van der Waals surface area contributed by atoms with Gasteiger partial charge >= 0.3 is 0 Å². The van der Waals surface area contributed by atoms with Crippen LogP contribution in [0.4, 0.5) is 0 Å². The van der Waals surface area contributed by atoms with Gasteiger partial charge in [0.2, 0.25) is 5.91 Å². The number of likely N-dealkylation sites (N-methyl/N-ethyl adjacent to an activating group) is 1. The molecule has 0 aromatic heterocycles. The number of rotatable bonds is 6. The van der Waals surface area contributed by atoms with Gasteiger partial charge in [0.25, 0.3) is 0 Å². The molecule has 4 heteroatoms. The van der Waals surface area contributed by atoms with Crippen LogP contribution in [0, 0.1) is 17.8 Å². The second-order valence-corrected chi connectivity index (χ2v) is 5.82. The van der Waals surface area contributed by atoms with Gasteiger partial charge in [-0.25, -0.2) is 0 Å². The summed E-state index contributed by atoms with van der Waals surface area (Å²) in [5.74, 6) is 1.71. The van der Waals surface area contributed by atoms with Crippen molar-refractivity contribution in [2.45, 2.75) is 25.8 Å². The highest BCUT2D eigenvalue weighted by atomic mass is 16.1. The first kappa shape index (κ1) is 12.8. The van der Waals surface area contributed by atoms with Crippen LogP contribution in [0.2, 0.25) is 0 Å². The van der Waals surface area contributed by atoms with E-state index in [0.717, 1.165) is 25.6 Å². The quantitative estimate of drug-likeness (QED) is 0.700. The van der Waals surface area contributed by atoms with Crippen molar-refractivity contribution in [2.75, 3.05) is 33.7 Å². The number of carbonyl (C=O) groups is 1. The molecule has 0 aromatic carbocycles. The SMILES string of the molecule is CC(C(=O)NCC(C1CC1)N(C)C)C1CNC1. The highest BCUT2D eigenvalue weighted by Crippen LogP contribution is 2.34. The number of hydrogen-bond donors (Lipinski definition) is 2. The molecule has 17 heavy (non-hydrogen) atoms. The van der Waals surface area contributed by atoms with Gasteiger partial charge in [0.1, 0.15) is 0 Å². The Morgan fingerprint density at radius 2 is 2.00 bits per heavy atom. The van der Waals surface area contributed by atoms with E-state index in [1.54, 1.807) is 0 Å². The average Bonchev–Trinajstić information content (AvgIpc) is 2.98. The van der Waals surface area contributed by atoms with E-state index in [1.807, 2.05) is 6.92 Å². The molecule has 0 bridgehead atoms. The van der Waals surface area contributed by atoms with Crippen LogP contribution >= 0.6 is 0 Å². The predicted molar refractivity (Wildman–Crippen MR) is 68.7 cm³/mol. The smallest absolute Gasteiger partial charge is 0.223 e. The van der Waals surface area contributed by atoms with Gasteiger partial charge in [-0.3, -0.25) is 4.79 Å². The third-order valence-corrected chi connectivity index (χ3v) is 4.25. The van der Waals surface area contributed by atoms with E-state index < -0.39 is 0 Å². The Labute approximate surface area is 104 Å². The third-order valence-electron chi connectivity index (χ3n) is 4.25. The van der Waals surface area contributed by atoms with E-state index >= 15 is 0 Å². The Morgan fingerprint density at radius 3 is 2.41 bits per heavy atom. The molecular weight excluding hydrogens is 214 g/mol. The highest BCUT2D eigenvalue weighted by Gasteiger charge is 2.34. The summed E-state index contributed by atoms with van der Waals surface area (Å²) in [6, 6.07) is 0.519. The fourth-order valence-electron chi connectivity index (χ4n) is 2.50. The lowest BCUT2D eigenvalue weighted by molar-refractivity contribution is -0.126. The van der Waals surface area contributed by atoms with Crippen LogP contribution in [0.1, 0.15) is 19.8 Å². The van der Waals surface area contributed by atoms with Gasteiger partial charge in [-0.2, -0.15) is 0 Å². The molecule has 1 amide bonds. The Bertz CT molecular complexity index is 270. The molecular formula is C13H25N3O. The predicted octanol–water partition coefficient (Wildman–Crippen LogP) is 0.298. The maximum Gasteiger partial charge on any atom is 0.223 e. The fourth-order valence-corrected chi connectivity index (χ4v) is 2.50. The molecule has 1 saturated heterocycles. The van der Waals surface area contributed by atoms with E-state index in [9.17, 15) is 4.79 Å². The summed E-state index contributed by atoms with van der Waals surface area (Å²) in [5, 5.41) is 6.35. The molecule has 2 N–H and O–H groups in total. The number of carbonyl (C=O) groups excluding carboxylic acids is 1. The van der Waals surface area contributed by atoms with Crippen LogP contribution in [-0.4, -0.2) is 50.6 Å². The number of nitrogens with zero attached hydrogens (tertiary/aromatic N) is 1. The van der Waals surface area contributed by atoms with Crippen molar-refractivity contribution >= 4 is 5.91 Å². The Morgan fingerprint density at radius 1 is 1.35 bits per heavy atom. The van der Waals surface area contributed by atoms with Crippen molar-refractivity contribution in [2.24, 2.45) is 17.8 Å². The Hall–Kier alpha value is -0.610. The number of hydrogen-bond acceptors (Lipinski definition) is 3. The zero-order valence-corrected chi connectivity index (χ0v) is 11.2. The first-order valence-corrected chi connectivity index (χ1v) is 6.74. The minimum Gasteiger partial charge on any atom is -0.354 e. The average molecular weight is 239 g/mol. The maximum absolute atomic E-state index is 12.0. The van der Waals surface area contributed by atoms with Crippen LogP contribution in [0.5, 0.6) is 0 Å². The van der Waals surface area contributed by atoms with Gasteiger partial charge in [-0.05, 0) is 51.9 Å². The highest BCUT2D eigenvalue weighted by molar-refractivity contribution is 5.78. The van der Waals surface area contributed by atoms with E-state index in [0.29, 0.717) is 12.0 Å². The van der Waals surface area contributed by atoms with Gasteiger partial charge in [-0.15, -0.1) is 0 Å². The van der Waals surface area contributed by atoms with E-state index in [4.69, 9.17) is 0 Å². The standard InChI is InChI=1S/C13H25N3O/c1-9(11-6-14-7-11)13(17)15-8-12(16(2)3)10-4-5-10/h9-12,14H,4-8H2,1-3H3,(H,15,17). The minimum absolute atomic E-state index is 0.151. The molecule has 2 unspecified atom stereocenters. The minimum atomic E-state index is 0.151. The molecule has 1 heterocycles. The van der Waals surface area contributed by atoms with Crippen molar-refractivity contribution in [3.63, 3.8) is 0 Å². The molecule has 1 aliphatic carbocycles. The summed E-state index contributed by atoms with van der Waals surface area (Å²) in [6.07, 6.45) is 2.64. The first-order chi connectivity index (χ1) is 8.09. The van der Waals surface area contributed by atoms with E-state index in [-0.39, 0.29) is 11.8 Å².